The van der Waals surface area contributed by atoms with Crippen LogP contribution >= 0.6 is 11.3 Å². The topological polar surface area (TPSA) is 137 Å². The number of nitrogens with one attached hydrogen (secondary N) is 2. The van der Waals surface area contributed by atoms with Crippen LogP contribution in [-0.4, -0.2) is 42.5 Å². The van der Waals surface area contributed by atoms with E-state index in [9.17, 15) is 24.5 Å². The molecule has 0 spiro atoms. The number of nitro groups is 1. The molecule has 10 nitrogen and oxygen atoms in total. The lowest BCUT2D eigenvalue weighted by Crippen LogP contribution is -2.22. The van der Waals surface area contributed by atoms with Gasteiger partial charge >= 0.3 is 11.9 Å². The summed E-state index contributed by atoms with van der Waals surface area (Å²) >= 11 is 1.34. The van der Waals surface area contributed by atoms with Crippen LogP contribution in [-0.2, 0) is 27.1 Å². The summed E-state index contributed by atoms with van der Waals surface area (Å²) in [5, 5.41) is 17.2. The first kappa shape index (κ1) is 25.2. The lowest BCUT2D eigenvalue weighted by molar-refractivity contribution is -0.384. The minimum absolute atomic E-state index is 0.0473. The van der Waals surface area contributed by atoms with E-state index in [-0.39, 0.29) is 23.5 Å². The van der Waals surface area contributed by atoms with Crippen molar-refractivity contribution in [3.05, 3.63) is 49.9 Å². The molecule has 1 aliphatic rings. The molecule has 0 fully saturated rings. The van der Waals surface area contributed by atoms with Gasteiger partial charge in [0.25, 0.3) is 11.6 Å². The number of esters is 2. The maximum Gasteiger partial charge on any atom is 0.341 e. The number of carbonyl (C=O) groups is 3. The van der Waals surface area contributed by atoms with Crippen molar-refractivity contribution >= 4 is 45.6 Å². The number of fused-ring (bicyclic) bond motifs is 1. The second-order valence-electron chi connectivity index (χ2n) is 7.92. The second kappa shape index (κ2) is 11.1. The molecule has 1 atom stereocenters. The third-order valence-corrected chi connectivity index (χ3v) is 6.55. The Balaban J connectivity index is 1.71. The Morgan fingerprint density at radius 3 is 2.65 bits per heavy atom. The number of ether oxygens (including phenoxy) is 2. The molecular formula is C23H27N3O7S. The van der Waals surface area contributed by atoms with Crippen LogP contribution in [0.25, 0.3) is 0 Å². The summed E-state index contributed by atoms with van der Waals surface area (Å²) in [6.45, 7) is 5.73. The van der Waals surface area contributed by atoms with Gasteiger partial charge in [-0.1, -0.05) is 6.92 Å². The number of hydrogen-bond donors (Lipinski definition) is 2. The highest BCUT2D eigenvalue weighted by atomic mass is 32.1. The molecule has 1 aromatic heterocycles. The Labute approximate surface area is 200 Å². The molecule has 1 unspecified atom stereocenters. The molecule has 0 aliphatic heterocycles. The first-order valence-corrected chi connectivity index (χ1v) is 11.9. The highest BCUT2D eigenvalue weighted by molar-refractivity contribution is 7.17. The van der Waals surface area contributed by atoms with Crippen LogP contribution in [0.5, 0.6) is 0 Å². The van der Waals surface area contributed by atoms with Gasteiger partial charge in [0.2, 0.25) is 0 Å². The summed E-state index contributed by atoms with van der Waals surface area (Å²) in [4.78, 5) is 49.2. The van der Waals surface area contributed by atoms with E-state index in [1.54, 1.807) is 13.8 Å². The lowest BCUT2D eigenvalue weighted by atomic mass is 9.88. The first-order valence-electron chi connectivity index (χ1n) is 11.1. The van der Waals surface area contributed by atoms with Crippen molar-refractivity contribution < 1.29 is 28.8 Å². The fourth-order valence-corrected chi connectivity index (χ4v) is 5.20. The van der Waals surface area contributed by atoms with E-state index >= 15 is 0 Å². The van der Waals surface area contributed by atoms with E-state index in [1.165, 1.54) is 23.5 Å². The summed E-state index contributed by atoms with van der Waals surface area (Å²) in [6, 6.07) is 3.91. The zero-order valence-electron chi connectivity index (χ0n) is 19.3. The monoisotopic (exact) mass is 489 g/mol. The number of benzene rings is 1. The SMILES string of the molecule is CCNc1ccc(C(=O)OCC(=O)Nc2sc3c(c2C(=O)OCC)CCC(C)C3)cc1[N+](=O)[O-]. The van der Waals surface area contributed by atoms with Crippen LogP contribution < -0.4 is 10.6 Å². The molecule has 0 radical (unpaired) electrons. The van der Waals surface area contributed by atoms with Crippen molar-refractivity contribution in [2.24, 2.45) is 5.92 Å². The van der Waals surface area contributed by atoms with E-state index in [4.69, 9.17) is 9.47 Å². The Morgan fingerprint density at radius 2 is 1.97 bits per heavy atom. The standard InChI is InChI=1S/C23H27N3O7S/c1-4-24-16-9-7-14(11-17(16)26(30)31)22(28)33-12-19(27)25-21-20(23(29)32-5-2)15-8-6-13(3)10-18(15)34-21/h7,9,11,13,24H,4-6,8,10,12H2,1-3H3,(H,25,27). The average molecular weight is 490 g/mol. The highest BCUT2D eigenvalue weighted by Crippen LogP contribution is 2.40. The van der Waals surface area contributed by atoms with E-state index < -0.39 is 29.4 Å². The molecule has 1 aliphatic carbocycles. The number of thiophene rings is 1. The Kier molecular flexibility index (Phi) is 8.21. The Morgan fingerprint density at radius 1 is 1.21 bits per heavy atom. The molecule has 0 saturated heterocycles. The maximum absolute atomic E-state index is 12.6. The summed E-state index contributed by atoms with van der Waals surface area (Å²) in [5.41, 5.74) is 1.24. The molecule has 11 heteroatoms. The number of rotatable bonds is 9. The van der Waals surface area contributed by atoms with Crippen molar-refractivity contribution in [3.63, 3.8) is 0 Å². The van der Waals surface area contributed by atoms with Crippen LogP contribution in [0.3, 0.4) is 0 Å². The first-order chi connectivity index (χ1) is 16.2. The Bertz CT molecular complexity index is 1110. The number of hydrogen-bond acceptors (Lipinski definition) is 9. The molecular weight excluding hydrogens is 462 g/mol. The van der Waals surface area contributed by atoms with Crippen LogP contribution in [0.2, 0.25) is 0 Å². The zero-order chi connectivity index (χ0) is 24.8. The minimum atomic E-state index is -0.869. The van der Waals surface area contributed by atoms with Gasteiger partial charge in [0, 0.05) is 17.5 Å². The predicted octanol–water partition coefficient (Wildman–Crippen LogP) is 4.19. The average Bonchev–Trinajstić information content (AvgIpc) is 3.14. The van der Waals surface area contributed by atoms with Crippen LogP contribution in [0.4, 0.5) is 16.4 Å². The molecule has 2 aromatic rings. The van der Waals surface area contributed by atoms with Crippen molar-refractivity contribution in [1.82, 2.24) is 0 Å². The molecule has 0 bridgehead atoms. The van der Waals surface area contributed by atoms with Crippen molar-refractivity contribution in [1.29, 1.82) is 0 Å². The third-order valence-electron chi connectivity index (χ3n) is 5.38. The summed E-state index contributed by atoms with van der Waals surface area (Å²) in [5.74, 6) is -1.50. The van der Waals surface area contributed by atoms with Gasteiger partial charge in [-0.3, -0.25) is 14.9 Å². The number of nitrogens with zero attached hydrogens (tertiary/aromatic N) is 1. The number of nitro benzene ring substituents is 1. The molecule has 2 N–H and O–H groups in total. The minimum Gasteiger partial charge on any atom is -0.462 e. The molecule has 3 rings (SSSR count). The molecule has 1 heterocycles. The van der Waals surface area contributed by atoms with Crippen molar-refractivity contribution in [2.45, 2.75) is 40.0 Å². The molecule has 0 saturated carbocycles. The molecule has 34 heavy (non-hydrogen) atoms. The van der Waals surface area contributed by atoms with Gasteiger partial charge in [0.1, 0.15) is 10.7 Å². The smallest absolute Gasteiger partial charge is 0.341 e. The third kappa shape index (κ3) is 5.71. The van der Waals surface area contributed by atoms with Crippen LogP contribution in [0.15, 0.2) is 18.2 Å². The molecule has 1 amide bonds. The van der Waals surface area contributed by atoms with E-state index in [0.717, 1.165) is 35.8 Å². The predicted molar refractivity (Wildman–Crippen MR) is 128 cm³/mol. The molecule has 182 valence electrons. The van der Waals surface area contributed by atoms with Crippen molar-refractivity contribution in [2.75, 3.05) is 30.4 Å². The van der Waals surface area contributed by atoms with E-state index in [0.29, 0.717) is 23.0 Å². The summed E-state index contributed by atoms with van der Waals surface area (Å²) < 4.78 is 10.2. The van der Waals surface area contributed by atoms with E-state index in [1.807, 2.05) is 0 Å². The van der Waals surface area contributed by atoms with Crippen LogP contribution in [0, 0.1) is 16.0 Å². The van der Waals surface area contributed by atoms with Gasteiger partial charge in [0.05, 0.1) is 22.7 Å². The second-order valence-corrected chi connectivity index (χ2v) is 9.03. The number of carbonyl (C=O) groups excluding carboxylic acids is 3. The summed E-state index contributed by atoms with van der Waals surface area (Å²) in [6.07, 6.45) is 2.49. The van der Waals surface area contributed by atoms with Gasteiger partial charge in [-0.15, -0.1) is 11.3 Å². The highest BCUT2D eigenvalue weighted by Gasteiger charge is 2.29. The maximum atomic E-state index is 12.6. The van der Waals surface area contributed by atoms with Gasteiger partial charge in [0.15, 0.2) is 6.61 Å². The van der Waals surface area contributed by atoms with Crippen LogP contribution in [0.1, 0.15) is 58.3 Å². The summed E-state index contributed by atoms with van der Waals surface area (Å²) in [7, 11) is 0. The Hall–Kier alpha value is -3.47. The normalized spacial score (nSPS) is 14.6. The fourth-order valence-electron chi connectivity index (χ4n) is 3.78. The largest absolute Gasteiger partial charge is 0.462 e. The number of amides is 1. The van der Waals surface area contributed by atoms with E-state index in [2.05, 4.69) is 17.6 Å². The zero-order valence-corrected chi connectivity index (χ0v) is 20.1. The van der Waals surface area contributed by atoms with Gasteiger partial charge in [-0.05, 0) is 56.7 Å². The van der Waals surface area contributed by atoms with Gasteiger partial charge in [-0.2, -0.15) is 0 Å². The van der Waals surface area contributed by atoms with Crippen molar-refractivity contribution in [3.8, 4) is 0 Å². The number of anilines is 2. The molecule has 1 aromatic carbocycles. The quantitative estimate of drug-likeness (QED) is 0.304. The lowest BCUT2D eigenvalue weighted by Gasteiger charge is -2.18. The van der Waals surface area contributed by atoms with Gasteiger partial charge in [-0.25, -0.2) is 9.59 Å². The fraction of sp³-hybridized carbons (Fsp3) is 0.435. The van der Waals surface area contributed by atoms with Gasteiger partial charge < -0.3 is 20.1 Å².